The lowest BCUT2D eigenvalue weighted by Gasteiger charge is -2.18. The van der Waals surface area contributed by atoms with E-state index in [4.69, 9.17) is 21.7 Å². The zero-order valence-electron chi connectivity index (χ0n) is 12.4. The molecule has 0 unspecified atom stereocenters. The van der Waals surface area contributed by atoms with Crippen molar-refractivity contribution < 1.29 is 14.3 Å². The van der Waals surface area contributed by atoms with Gasteiger partial charge in [0.25, 0.3) is 5.91 Å². The first kappa shape index (κ1) is 15.9. The summed E-state index contributed by atoms with van der Waals surface area (Å²) in [6, 6.07) is 5.60. The number of hydrogen-bond donors (Lipinski definition) is 0. The Kier molecular flexibility index (Phi) is 4.90. The number of hydrogen-bond acceptors (Lipinski definition) is 5. The van der Waals surface area contributed by atoms with E-state index in [2.05, 4.69) is 0 Å². The van der Waals surface area contributed by atoms with E-state index >= 15 is 0 Å². The molecule has 0 aromatic heterocycles. The molecule has 0 radical (unpaired) electrons. The molecule has 0 saturated carbocycles. The van der Waals surface area contributed by atoms with E-state index in [9.17, 15) is 4.79 Å². The molecule has 0 bridgehead atoms. The Morgan fingerprint density at radius 2 is 2.00 bits per heavy atom. The van der Waals surface area contributed by atoms with Crippen molar-refractivity contribution in [1.82, 2.24) is 4.90 Å². The van der Waals surface area contributed by atoms with Crippen molar-refractivity contribution in [2.75, 3.05) is 14.2 Å². The minimum Gasteiger partial charge on any atom is -0.493 e. The molecule has 0 aliphatic carbocycles. The number of methoxy groups -OCH3 is 2. The summed E-state index contributed by atoms with van der Waals surface area (Å²) in [4.78, 5) is 14.6. The van der Waals surface area contributed by atoms with Crippen molar-refractivity contribution in [1.29, 1.82) is 0 Å². The molecule has 1 aliphatic rings. The molecule has 21 heavy (non-hydrogen) atoms. The predicted octanol–water partition coefficient (Wildman–Crippen LogP) is 3.31. The second-order valence-electron chi connectivity index (χ2n) is 4.73. The predicted molar refractivity (Wildman–Crippen MR) is 89.7 cm³/mol. The lowest BCUT2D eigenvalue weighted by molar-refractivity contribution is -0.123. The van der Waals surface area contributed by atoms with E-state index < -0.39 is 0 Å². The van der Waals surface area contributed by atoms with Gasteiger partial charge in [-0.2, -0.15) is 0 Å². The molecular weight excluding hydrogens is 306 g/mol. The molecule has 1 amide bonds. The van der Waals surface area contributed by atoms with Crippen LogP contribution in [0.4, 0.5) is 0 Å². The van der Waals surface area contributed by atoms with E-state index in [1.54, 1.807) is 25.2 Å². The average Bonchev–Trinajstić information content (AvgIpc) is 2.73. The van der Waals surface area contributed by atoms with Crippen LogP contribution >= 0.6 is 24.0 Å². The van der Waals surface area contributed by atoms with Crippen LogP contribution in [0.2, 0.25) is 0 Å². The van der Waals surface area contributed by atoms with E-state index in [0.29, 0.717) is 20.7 Å². The number of thioether (sulfide) groups is 1. The topological polar surface area (TPSA) is 38.8 Å². The lowest BCUT2D eigenvalue weighted by atomic mass is 10.1. The molecular formula is C15H17NO3S2. The highest BCUT2D eigenvalue weighted by Crippen LogP contribution is 2.37. The van der Waals surface area contributed by atoms with Crippen LogP contribution in [0.3, 0.4) is 0 Å². The van der Waals surface area contributed by atoms with Gasteiger partial charge in [0.05, 0.1) is 19.1 Å². The fraction of sp³-hybridized carbons (Fsp3) is 0.333. The molecule has 1 heterocycles. The van der Waals surface area contributed by atoms with Gasteiger partial charge in [0, 0.05) is 11.6 Å². The summed E-state index contributed by atoms with van der Waals surface area (Å²) in [6.07, 6.45) is 1.79. The SMILES string of the molecule is COc1cccc(/C=C2\SC(=S)N(C(C)C)C2=O)c1OC. The average molecular weight is 323 g/mol. The fourth-order valence-corrected chi connectivity index (χ4v) is 3.61. The molecule has 2 rings (SSSR count). The Hall–Kier alpha value is -1.53. The van der Waals surface area contributed by atoms with Crippen molar-refractivity contribution >= 4 is 40.3 Å². The summed E-state index contributed by atoms with van der Waals surface area (Å²) in [5.41, 5.74) is 0.793. The van der Waals surface area contributed by atoms with Gasteiger partial charge in [-0.05, 0) is 26.0 Å². The van der Waals surface area contributed by atoms with Crippen molar-refractivity contribution in [3.05, 3.63) is 28.7 Å². The van der Waals surface area contributed by atoms with Gasteiger partial charge in [-0.1, -0.05) is 36.1 Å². The number of amides is 1. The number of carbonyl (C=O) groups is 1. The van der Waals surface area contributed by atoms with Crippen LogP contribution in [-0.2, 0) is 4.79 Å². The van der Waals surface area contributed by atoms with Crippen LogP contribution in [0.15, 0.2) is 23.1 Å². The summed E-state index contributed by atoms with van der Waals surface area (Å²) >= 11 is 6.58. The number of ether oxygens (including phenoxy) is 2. The number of benzene rings is 1. The lowest BCUT2D eigenvalue weighted by Crippen LogP contribution is -2.34. The molecule has 0 N–H and O–H groups in total. The molecule has 112 valence electrons. The summed E-state index contributed by atoms with van der Waals surface area (Å²) < 4.78 is 11.2. The molecule has 6 heteroatoms. The highest BCUT2D eigenvalue weighted by Gasteiger charge is 2.33. The number of para-hydroxylation sites is 1. The van der Waals surface area contributed by atoms with Crippen LogP contribution < -0.4 is 9.47 Å². The maximum atomic E-state index is 12.4. The van der Waals surface area contributed by atoms with Gasteiger partial charge < -0.3 is 9.47 Å². The van der Waals surface area contributed by atoms with Gasteiger partial charge in [0.15, 0.2) is 11.5 Å². The summed E-state index contributed by atoms with van der Waals surface area (Å²) in [7, 11) is 3.16. The first-order chi connectivity index (χ1) is 9.99. The van der Waals surface area contributed by atoms with Crippen LogP contribution in [0, 0.1) is 0 Å². The fourth-order valence-electron chi connectivity index (χ4n) is 2.09. The monoisotopic (exact) mass is 323 g/mol. The van der Waals surface area contributed by atoms with Crippen LogP contribution in [-0.4, -0.2) is 35.4 Å². The molecule has 0 atom stereocenters. The molecule has 0 spiro atoms. The molecule has 1 saturated heterocycles. The highest BCUT2D eigenvalue weighted by molar-refractivity contribution is 8.26. The normalized spacial score (nSPS) is 17.0. The van der Waals surface area contributed by atoms with Gasteiger partial charge in [0.1, 0.15) is 4.32 Å². The number of rotatable bonds is 4. The Labute approximate surface area is 134 Å². The van der Waals surface area contributed by atoms with Crippen molar-refractivity contribution in [3.8, 4) is 11.5 Å². The number of nitrogens with zero attached hydrogens (tertiary/aromatic N) is 1. The van der Waals surface area contributed by atoms with Crippen molar-refractivity contribution in [2.24, 2.45) is 0 Å². The van der Waals surface area contributed by atoms with Crippen LogP contribution in [0.5, 0.6) is 11.5 Å². The van der Waals surface area contributed by atoms with E-state index in [0.717, 1.165) is 5.56 Å². The third kappa shape index (κ3) is 3.06. The third-order valence-electron chi connectivity index (χ3n) is 3.06. The third-order valence-corrected chi connectivity index (χ3v) is 4.39. The first-order valence-corrected chi connectivity index (χ1v) is 7.70. The maximum absolute atomic E-state index is 12.4. The molecule has 4 nitrogen and oxygen atoms in total. The van der Waals surface area contributed by atoms with E-state index in [-0.39, 0.29) is 11.9 Å². The van der Waals surface area contributed by atoms with Crippen LogP contribution in [0.1, 0.15) is 19.4 Å². The highest BCUT2D eigenvalue weighted by atomic mass is 32.2. The molecule has 1 fully saturated rings. The molecule has 1 aliphatic heterocycles. The quantitative estimate of drug-likeness (QED) is 0.628. The zero-order chi connectivity index (χ0) is 15.6. The Morgan fingerprint density at radius 1 is 1.29 bits per heavy atom. The van der Waals surface area contributed by atoms with Crippen molar-refractivity contribution in [2.45, 2.75) is 19.9 Å². The van der Waals surface area contributed by atoms with E-state index in [1.807, 2.05) is 32.0 Å². The minimum absolute atomic E-state index is 0.0515. The Morgan fingerprint density at radius 3 is 2.52 bits per heavy atom. The minimum atomic E-state index is -0.0649. The van der Waals surface area contributed by atoms with E-state index in [1.165, 1.54) is 11.8 Å². The van der Waals surface area contributed by atoms with Gasteiger partial charge in [0.2, 0.25) is 0 Å². The number of carbonyl (C=O) groups excluding carboxylic acids is 1. The molecule has 1 aromatic rings. The summed E-state index contributed by atoms with van der Waals surface area (Å²) in [5.74, 6) is 1.17. The largest absolute Gasteiger partial charge is 0.493 e. The van der Waals surface area contributed by atoms with Gasteiger partial charge in [-0.25, -0.2) is 0 Å². The zero-order valence-corrected chi connectivity index (χ0v) is 14.0. The van der Waals surface area contributed by atoms with Gasteiger partial charge in [-0.3, -0.25) is 9.69 Å². The second kappa shape index (κ2) is 6.49. The summed E-state index contributed by atoms with van der Waals surface area (Å²) in [5, 5.41) is 0. The summed E-state index contributed by atoms with van der Waals surface area (Å²) in [6.45, 7) is 3.89. The second-order valence-corrected chi connectivity index (χ2v) is 6.40. The number of thiocarbonyl (C=S) groups is 1. The van der Waals surface area contributed by atoms with Crippen LogP contribution in [0.25, 0.3) is 6.08 Å². The first-order valence-electron chi connectivity index (χ1n) is 6.47. The van der Waals surface area contributed by atoms with Gasteiger partial charge in [-0.15, -0.1) is 0 Å². The molecule has 1 aromatic carbocycles. The smallest absolute Gasteiger partial charge is 0.266 e. The standard InChI is InChI=1S/C15H17NO3S2/c1-9(2)16-14(17)12(21-15(16)20)8-10-6-5-7-11(18-3)13(10)19-4/h5-9H,1-4H3/b12-8-. The maximum Gasteiger partial charge on any atom is 0.266 e. The van der Waals surface area contributed by atoms with Crippen molar-refractivity contribution in [3.63, 3.8) is 0 Å². The Balaban J connectivity index is 2.42. The Bertz CT molecular complexity index is 611. The van der Waals surface area contributed by atoms with Gasteiger partial charge >= 0.3 is 0 Å².